The van der Waals surface area contributed by atoms with Gasteiger partial charge in [0.15, 0.2) is 5.58 Å². The summed E-state index contributed by atoms with van der Waals surface area (Å²) in [7, 11) is 0. The van der Waals surface area contributed by atoms with Crippen molar-refractivity contribution < 1.29 is 9.21 Å². The van der Waals surface area contributed by atoms with Gasteiger partial charge in [-0.2, -0.15) is 0 Å². The molecule has 5 heteroatoms. The average Bonchev–Trinajstić information content (AvgIpc) is 2.96. The van der Waals surface area contributed by atoms with Gasteiger partial charge in [0, 0.05) is 19.5 Å². The minimum absolute atomic E-state index is 0.0245. The van der Waals surface area contributed by atoms with Crippen LogP contribution in [0.25, 0.3) is 11.1 Å². The minimum Gasteiger partial charge on any atom is -0.408 e. The molecule has 0 radical (unpaired) electrons. The number of benzene rings is 2. The van der Waals surface area contributed by atoms with E-state index in [-0.39, 0.29) is 11.7 Å². The largest absolute Gasteiger partial charge is 0.419 e. The van der Waals surface area contributed by atoms with E-state index in [1.165, 1.54) is 16.7 Å². The van der Waals surface area contributed by atoms with Crippen LogP contribution < -0.4 is 11.1 Å². The molecule has 0 aliphatic rings. The van der Waals surface area contributed by atoms with Gasteiger partial charge in [-0.25, -0.2) is 4.79 Å². The van der Waals surface area contributed by atoms with E-state index in [1.807, 2.05) is 18.2 Å². The number of oxazole rings is 1. The molecule has 0 fully saturated rings. The Hall–Kier alpha value is -2.82. The predicted octanol–water partition coefficient (Wildman–Crippen LogP) is 3.74. The molecule has 5 nitrogen and oxygen atoms in total. The number of amides is 1. The third-order valence-corrected chi connectivity index (χ3v) is 4.80. The summed E-state index contributed by atoms with van der Waals surface area (Å²) in [6.07, 6.45) is 2.88. The Kier molecular flexibility index (Phi) is 6.12. The molecule has 0 saturated carbocycles. The summed E-state index contributed by atoms with van der Waals surface area (Å²) < 4.78 is 6.79. The van der Waals surface area contributed by atoms with E-state index >= 15 is 0 Å². The van der Waals surface area contributed by atoms with Crippen molar-refractivity contribution in [1.82, 2.24) is 9.88 Å². The van der Waals surface area contributed by atoms with Crippen LogP contribution in [0.3, 0.4) is 0 Å². The molecule has 2 aromatic carbocycles. The van der Waals surface area contributed by atoms with E-state index in [2.05, 4.69) is 37.4 Å². The van der Waals surface area contributed by atoms with Crippen molar-refractivity contribution in [3.05, 3.63) is 69.7 Å². The maximum absolute atomic E-state index is 12.0. The lowest BCUT2D eigenvalue weighted by atomic mass is 10.0. The SMILES string of the molecule is Cc1ccc(CCCNC(=O)CCCn2c(=O)oc3ccccc32)c(C)c1. The Bertz CT molecular complexity index is 985. The number of aromatic nitrogens is 1. The van der Waals surface area contributed by atoms with E-state index in [1.54, 1.807) is 10.6 Å². The van der Waals surface area contributed by atoms with Gasteiger partial charge in [0.25, 0.3) is 0 Å². The first-order valence-electron chi connectivity index (χ1n) is 9.46. The van der Waals surface area contributed by atoms with Crippen molar-refractivity contribution in [2.45, 2.75) is 46.1 Å². The van der Waals surface area contributed by atoms with Gasteiger partial charge in [-0.15, -0.1) is 0 Å². The molecule has 0 aliphatic carbocycles. The van der Waals surface area contributed by atoms with Gasteiger partial charge < -0.3 is 9.73 Å². The summed E-state index contributed by atoms with van der Waals surface area (Å²) in [4.78, 5) is 23.9. The molecule has 1 aromatic heterocycles. The molecule has 0 spiro atoms. The van der Waals surface area contributed by atoms with Crippen LogP contribution in [0.5, 0.6) is 0 Å². The highest BCUT2D eigenvalue weighted by molar-refractivity contribution is 5.76. The van der Waals surface area contributed by atoms with Gasteiger partial charge in [-0.1, -0.05) is 35.9 Å². The van der Waals surface area contributed by atoms with Crippen LogP contribution in [-0.2, 0) is 17.8 Å². The Morgan fingerprint density at radius 1 is 1.11 bits per heavy atom. The van der Waals surface area contributed by atoms with Crippen molar-refractivity contribution in [1.29, 1.82) is 0 Å². The second kappa shape index (κ2) is 8.71. The third kappa shape index (κ3) is 4.88. The van der Waals surface area contributed by atoms with Crippen molar-refractivity contribution in [3.8, 4) is 0 Å². The highest BCUT2D eigenvalue weighted by Gasteiger charge is 2.09. The fraction of sp³-hybridized carbons (Fsp3) is 0.364. The van der Waals surface area contributed by atoms with Crippen LogP contribution in [0.1, 0.15) is 36.0 Å². The molecule has 3 rings (SSSR count). The number of carbonyl (C=O) groups is 1. The molecule has 3 aromatic rings. The standard InChI is InChI=1S/C22H26N2O3/c1-16-11-12-18(17(2)15-16)7-5-13-23-21(25)10-6-14-24-19-8-3-4-9-20(19)27-22(24)26/h3-4,8-9,11-12,15H,5-7,10,13-14H2,1-2H3,(H,23,25). The van der Waals surface area contributed by atoms with E-state index in [0.717, 1.165) is 18.4 Å². The van der Waals surface area contributed by atoms with E-state index in [4.69, 9.17) is 4.42 Å². The highest BCUT2D eigenvalue weighted by atomic mass is 16.4. The van der Waals surface area contributed by atoms with Crippen LogP contribution in [0.4, 0.5) is 0 Å². The topological polar surface area (TPSA) is 64.2 Å². The summed E-state index contributed by atoms with van der Waals surface area (Å²) in [6.45, 7) is 5.37. The Morgan fingerprint density at radius 3 is 2.74 bits per heavy atom. The van der Waals surface area contributed by atoms with Gasteiger partial charge >= 0.3 is 5.76 Å². The number of fused-ring (bicyclic) bond motifs is 1. The van der Waals surface area contributed by atoms with Crippen LogP contribution in [0, 0.1) is 13.8 Å². The number of hydrogen-bond acceptors (Lipinski definition) is 3. The van der Waals surface area contributed by atoms with E-state index < -0.39 is 0 Å². The first-order valence-corrected chi connectivity index (χ1v) is 9.46. The highest BCUT2D eigenvalue weighted by Crippen LogP contribution is 2.13. The van der Waals surface area contributed by atoms with Crippen molar-refractivity contribution >= 4 is 17.0 Å². The second-order valence-electron chi connectivity index (χ2n) is 6.97. The molecule has 1 heterocycles. The number of rotatable bonds is 8. The molecule has 0 unspecified atom stereocenters. The third-order valence-electron chi connectivity index (χ3n) is 4.80. The zero-order chi connectivity index (χ0) is 19.2. The minimum atomic E-state index is -0.370. The van der Waals surface area contributed by atoms with Crippen LogP contribution in [0.15, 0.2) is 51.7 Å². The maximum atomic E-state index is 12.0. The van der Waals surface area contributed by atoms with Gasteiger partial charge in [0.2, 0.25) is 5.91 Å². The summed E-state index contributed by atoms with van der Waals surface area (Å²) in [6, 6.07) is 13.8. The lowest BCUT2D eigenvalue weighted by molar-refractivity contribution is -0.121. The van der Waals surface area contributed by atoms with Gasteiger partial charge in [-0.3, -0.25) is 9.36 Å². The normalized spacial score (nSPS) is 11.0. The number of hydrogen-bond donors (Lipinski definition) is 1. The molecule has 142 valence electrons. The molecular formula is C22H26N2O3. The smallest absolute Gasteiger partial charge is 0.408 e. The predicted molar refractivity (Wildman–Crippen MR) is 107 cm³/mol. The summed E-state index contributed by atoms with van der Waals surface area (Å²) in [5.74, 6) is -0.346. The number of nitrogens with one attached hydrogen (secondary N) is 1. The molecule has 0 saturated heterocycles. The Morgan fingerprint density at radius 2 is 1.93 bits per heavy atom. The summed E-state index contributed by atoms with van der Waals surface area (Å²) >= 11 is 0. The number of nitrogens with zero attached hydrogens (tertiary/aromatic N) is 1. The zero-order valence-corrected chi connectivity index (χ0v) is 16.0. The number of carbonyl (C=O) groups excluding carboxylic acids is 1. The van der Waals surface area contributed by atoms with Crippen LogP contribution >= 0.6 is 0 Å². The fourth-order valence-corrected chi connectivity index (χ4v) is 3.34. The van der Waals surface area contributed by atoms with Crippen molar-refractivity contribution in [3.63, 3.8) is 0 Å². The molecule has 0 aliphatic heterocycles. The van der Waals surface area contributed by atoms with Crippen molar-refractivity contribution in [2.75, 3.05) is 6.54 Å². The second-order valence-corrected chi connectivity index (χ2v) is 6.97. The van der Waals surface area contributed by atoms with E-state index in [0.29, 0.717) is 31.5 Å². The molecule has 0 bridgehead atoms. The fourth-order valence-electron chi connectivity index (χ4n) is 3.34. The molecular weight excluding hydrogens is 340 g/mol. The zero-order valence-electron chi connectivity index (χ0n) is 16.0. The molecule has 1 N–H and O–H groups in total. The molecule has 1 amide bonds. The van der Waals surface area contributed by atoms with Gasteiger partial charge in [0.05, 0.1) is 5.52 Å². The lowest BCUT2D eigenvalue weighted by Gasteiger charge is -2.08. The van der Waals surface area contributed by atoms with Gasteiger partial charge in [0.1, 0.15) is 0 Å². The maximum Gasteiger partial charge on any atom is 0.419 e. The first kappa shape index (κ1) is 19.0. The number of para-hydroxylation sites is 2. The van der Waals surface area contributed by atoms with Crippen LogP contribution in [0.2, 0.25) is 0 Å². The van der Waals surface area contributed by atoms with Gasteiger partial charge in [-0.05, 0) is 56.4 Å². The lowest BCUT2D eigenvalue weighted by Crippen LogP contribution is -2.25. The quantitative estimate of drug-likeness (QED) is 0.618. The molecule has 0 atom stereocenters. The monoisotopic (exact) mass is 366 g/mol. The Labute approximate surface area is 159 Å². The average molecular weight is 366 g/mol. The van der Waals surface area contributed by atoms with Crippen molar-refractivity contribution in [2.24, 2.45) is 0 Å². The molecule has 27 heavy (non-hydrogen) atoms. The number of aryl methyl sites for hydroxylation is 4. The Balaban J connectivity index is 1.40. The first-order chi connectivity index (χ1) is 13.0. The summed E-state index contributed by atoms with van der Waals surface area (Å²) in [5, 5.41) is 2.97. The summed E-state index contributed by atoms with van der Waals surface area (Å²) in [5.41, 5.74) is 5.27. The van der Waals surface area contributed by atoms with Crippen LogP contribution in [-0.4, -0.2) is 17.0 Å². The van der Waals surface area contributed by atoms with E-state index in [9.17, 15) is 9.59 Å².